The molecule has 0 amide bonds. The minimum absolute atomic E-state index is 0.245. The highest BCUT2D eigenvalue weighted by Gasteiger charge is 2.48. The number of aliphatic hydroxyl groups is 1. The molecule has 100 valence electrons. The zero-order valence-corrected chi connectivity index (χ0v) is 9.50. The number of halogens is 3. The molecular weight excluding hydrogens is 240 g/mol. The molecule has 0 heterocycles. The Balaban J connectivity index is 4.77. The lowest BCUT2D eigenvalue weighted by atomic mass is 9.98. The molecule has 0 aromatic heterocycles. The van der Waals surface area contributed by atoms with Crippen LogP contribution in [0.2, 0.25) is 0 Å². The molecule has 0 radical (unpaired) electrons. The van der Waals surface area contributed by atoms with E-state index in [0.29, 0.717) is 6.42 Å². The van der Waals surface area contributed by atoms with Crippen molar-refractivity contribution in [3.05, 3.63) is 12.2 Å². The summed E-state index contributed by atoms with van der Waals surface area (Å²) in [5.41, 5.74) is -1.55. The summed E-state index contributed by atoms with van der Waals surface area (Å²) in [6.07, 6.45) is -3.71. The van der Waals surface area contributed by atoms with Crippen molar-refractivity contribution in [2.24, 2.45) is 0 Å². The first-order valence-corrected chi connectivity index (χ1v) is 5.16. The second-order valence-electron chi connectivity index (χ2n) is 3.66. The third-order valence-corrected chi connectivity index (χ3v) is 2.23. The first-order chi connectivity index (χ1) is 7.63. The van der Waals surface area contributed by atoms with E-state index in [9.17, 15) is 18.3 Å². The second kappa shape index (κ2) is 6.39. The van der Waals surface area contributed by atoms with E-state index < -0.39 is 31.3 Å². The molecular formula is C9H16BF3O4. The van der Waals surface area contributed by atoms with Crippen LogP contribution in [0.25, 0.3) is 0 Å². The molecule has 0 aromatic rings. The minimum Gasteiger partial charge on any atom is -0.402 e. The van der Waals surface area contributed by atoms with Crippen LogP contribution < -0.4 is 0 Å². The molecule has 0 rings (SSSR count). The van der Waals surface area contributed by atoms with Crippen LogP contribution in [0.15, 0.2) is 12.2 Å². The van der Waals surface area contributed by atoms with Crippen molar-refractivity contribution in [2.75, 3.05) is 0 Å². The summed E-state index contributed by atoms with van der Waals surface area (Å²) in [7, 11) is -2.50. The highest BCUT2D eigenvalue weighted by Crippen LogP contribution is 2.36. The molecule has 0 bridgehead atoms. The van der Waals surface area contributed by atoms with Gasteiger partial charge in [0.1, 0.15) is 0 Å². The summed E-state index contributed by atoms with van der Waals surface area (Å²) in [6, 6.07) is 0. The summed E-state index contributed by atoms with van der Waals surface area (Å²) >= 11 is 0. The molecule has 8 heteroatoms. The largest absolute Gasteiger partial charge is 0.636 e. The summed E-state index contributed by atoms with van der Waals surface area (Å²) in [4.78, 5) is 0. The van der Waals surface area contributed by atoms with Gasteiger partial charge in [0.05, 0.1) is 5.57 Å². The predicted molar refractivity (Wildman–Crippen MR) is 55.6 cm³/mol. The van der Waals surface area contributed by atoms with Crippen LogP contribution in [0.3, 0.4) is 0 Å². The van der Waals surface area contributed by atoms with Crippen LogP contribution in [0.5, 0.6) is 0 Å². The SMILES string of the molecule is C=C(C(F)(F)F)C(O)(CCCCC)OB(O)O. The fourth-order valence-electron chi connectivity index (χ4n) is 1.29. The Bertz CT molecular complexity index is 257. The van der Waals surface area contributed by atoms with Crippen molar-refractivity contribution in [2.45, 2.75) is 44.6 Å². The van der Waals surface area contributed by atoms with Crippen molar-refractivity contribution in [1.29, 1.82) is 0 Å². The maximum atomic E-state index is 12.4. The van der Waals surface area contributed by atoms with Gasteiger partial charge in [-0.25, -0.2) is 0 Å². The Hall–Kier alpha value is -0.565. The lowest BCUT2D eigenvalue weighted by molar-refractivity contribution is -0.188. The predicted octanol–water partition coefficient (Wildman–Crippen LogP) is 1.36. The molecule has 0 saturated carbocycles. The van der Waals surface area contributed by atoms with Crippen molar-refractivity contribution >= 4 is 7.32 Å². The molecule has 3 N–H and O–H groups in total. The number of hydrogen-bond acceptors (Lipinski definition) is 4. The second-order valence-corrected chi connectivity index (χ2v) is 3.66. The van der Waals surface area contributed by atoms with Crippen LogP contribution in [-0.4, -0.2) is 34.4 Å². The van der Waals surface area contributed by atoms with E-state index >= 15 is 0 Å². The van der Waals surface area contributed by atoms with E-state index in [0.717, 1.165) is 6.42 Å². The van der Waals surface area contributed by atoms with E-state index in [-0.39, 0.29) is 6.42 Å². The third-order valence-electron chi connectivity index (χ3n) is 2.23. The minimum atomic E-state index is -4.87. The van der Waals surface area contributed by atoms with Gasteiger partial charge in [-0.1, -0.05) is 26.3 Å². The van der Waals surface area contributed by atoms with Gasteiger partial charge < -0.3 is 19.8 Å². The smallest absolute Gasteiger partial charge is 0.402 e. The quantitative estimate of drug-likeness (QED) is 0.278. The molecule has 0 aliphatic heterocycles. The van der Waals surface area contributed by atoms with Gasteiger partial charge in [-0.05, 0) is 6.42 Å². The van der Waals surface area contributed by atoms with Gasteiger partial charge in [-0.15, -0.1) is 0 Å². The Labute approximate surface area is 97.9 Å². The molecule has 0 aliphatic carbocycles. The monoisotopic (exact) mass is 256 g/mol. The van der Waals surface area contributed by atoms with Gasteiger partial charge in [0.15, 0.2) is 5.79 Å². The Morgan fingerprint density at radius 2 is 1.82 bits per heavy atom. The van der Waals surface area contributed by atoms with Gasteiger partial charge >= 0.3 is 13.5 Å². The van der Waals surface area contributed by atoms with Crippen LogP contribution in [0.1, 0.15) is 32.6 Å². The average molecular weight is 256 g/mol. The average Bonchev–Trinajstić information content (AvgIpc) is 2.14. The van der Waals surface area contributed by atoms with Crippen molar-refractivity contribution in [3.8, 4) is 0 Å². The first kappa shape index (κ1) is 16.4. The number of unbranched alkanes of at least 4 members (excludes halogenated alkanes) is 2. The molecule has 0 saturated heterocycles. The highest BCUT2D eigenvalue weighted by atomic mass is 19.4. The van der Waals surface area contributed by atoms with E-state index in [1.54, 1.807) is 0 Å². The topological polar surface area (TPSA) is 69.9 Å². The van der Waals surface area contributed by atoms with E-state index in [1.165, 1.54) is 0 Å². The zero-order valence-electron chi connectivity index (χ0n) is 9.50. The summed E-state index contributed by atoms with van der Waals surface area (Å²) < 4.78 is 41.3. The number of hydrogen-bond donors (Lipinski definition) is 3. The van der Waals surface area contributed by atoms with E-state index in [1.807, 2.05) is 6.92 Å². The summed E-state index contributed by atoms with van der Waals surface area (Å²) in [5.74, 6) is -2.80. The molecule has 0 aliphatic rings. The number of rotatable bonds is 7. The molecule has 0 fully saturated rings. The molecule has 1 atom stereocenters. The van der Waals surface area contributed by atoms with Crippen LogP contribution in [0, 0.1) is 0 Å². The summed E-state index contributed by atoms with van der Waals surface area (Å²) in [5, 5.41) is 26.7. The van der Waals surface area contributed by atoms with Crippen molar-refractivity contribution < 1.29 is 33.0 Å². The first-order valence-electron chi connectivity index (χ1n) is 5.16. The third kappa shape index (κ3) is 5.54. The molecule has 0 aromatic carbocycles. The van der Waals surface area contributed by atoms with Crippen LogP contribution in [-0.2, 0) is 4.65 Å². The van der Waals surface area contributed by atoms with Crippen LogP contribution >= 0.6 is 0 Å². The normalized spacial score (nSPS) is 15.5. The van der Waals surface area contributed by atoms with E-state index in [4.69, 9.17) is 10.0 Å². The highest BCUT2D eigenvalue weighted by molar-refractivity contribution is 6.32. The Kier molecular flexibility index (Phi) is 6.18. The van der Waals surface area contributed by atoms with E-state index in [2.05, 4.69) is 11.2 Å². The molecule has 1 unspecified atom stereocenters. The standard InChI is InChI=1S/C9H16BF3O4/c1-3-4-5-6-8(14,17-10(15)16)7(2)9(11,12)13/h14-16H,2-6H2,1H3. The van der Waals surface area contributed by atoms with Gasteiger partial charge in [0.2, 0.25) is 0 Å². The van der Waals surface area contributed by atoms with Crippen molar-refractivity contribution in [3.63, 3.8) is 0 Å². The lowest BCUT2D eigenvalue weighted by Crippen LogP contribution is -2.44. The summed E-state index contributed by atoms with van der Waals surface area (Å²) in [6.45, 7) is 4.54. The van der Waals surface area contributed by atoms with Crippen LogP contribution in [0.4, 0.5) is 13.2 Å². The zero-order chi connectivity index (χ0) is 13.7. The van der Waals surface area contributed by atoms with Gasteiger partial charge in [0, 0.05) is 6.42 Å². The van der Waals surface area contributed by atoms with Gasteiger partial charge in [0.25, 0.3) is 0 Å². The molecule has 17 heavy (non-hydrogen) atoms. The Morgan fingerprint density at radius 1 is 1.29 bits per heavy atom. The Morgan fingerprint density at radius 3 is 2.18 bits per heavy atom. The fraction of sp³-hybridized carbons (Fsp3) is 0.778. The lowest BCUT2D eigenvalue weighted by Gasteiger charge is -2.31. The van der Waals surface area contributed by atoms with Crippen molar-refractivity contribution in [1.82, 2.24) is 0 Å². The van der Waals surface area contributed by atoms with Gasteiger partial charge in [-0.3, -0.25) is 0 Å². The molecule has 4 nitrogen and oxygen atoms in total. The van der Waals surface area contributed by atoms with Gasteiger partial charge in [-0.2, -0.15) is 13.2 Å². The number of alkyl halides is 3. The maximum Gasteiger partial charge on any atom is 0.636 e. The molecule has 0 spiro atoms. The fourth-order valence-corrected chi connectivity index (χ4v) is 1.29. The maximum absolute atomic E-state index is 12.4.